The van der Waals surface area contributed by atoms with Crippen LogP contribution >= 0.6 is 39.1 Å². The molecule has 0 aromatic heterocycles. The van der Waals surface area contributed by atoms with Gasteiger partial charge in [0.1, 0.15) is 12.3 Å². The number of carbonyl (C=O) groups is 2. The Morgan fingerprint density at radius 1 is 1.00 bits per heavy atom. The first-order chi connectivity index (χ1) is 15.9. The van der Waals surface area contributed by atoms with Crippen molar-refractivity contribution in [3.05, 3.63) is 92.0 Å². The van der Waals surface area contributed by atoms with Crippen LogP contribution in [0.2, 0.25) is 10.0 Å². The van der Waals surface area contributed by atoms with Gasteiger partial charge in [0.2, 0.25) is 0 Å². The lowest BCUT2D eigenvalue weighted by Crippen LogP contribution is -2.30. The largest absolute Gasteiger partial charge is 0.493 e. The predicted octanol–water partition coefficient (Wildman–Crippen LogP) is 6.44. The van der Waals surface area contributed by atoms with Gasteiger partial charge in [-0.1, -0.05) is 57.3 Å². The number of nitrogens with zero attached hydrogens (tertiary/aromatic N) is 1. The maximum atomic E-state index is 12.9. The zero-order valence-corrected chi connectivity index (χ0v) is 20.4. The highest BCUT2D eigenvalue weighted by Gasteiger charge is 2.35. The van der Waals surface area contributed by atoms with E-state index in [0.29, 0.717) is 43.9 Å². The van der Waals surface area contributed by atoms with Crippen LogP contribution in [-0.4, -0.2) is 19.0 Å². The van der Waals surface area contributed by atoms with Crippen LogP contribution in [0, 0.1) is 0 Å². The molecule has 4 rings (SSSR count). The summed E-state index contributed by atoms with van der Waals surface area (Å²) >= 11 is 15.4. The third kappa shape index (κ3) is 5.16. The van der Waals surface area contributed by atoms with E-state index in [0.717, 1.165) is 10.5 Å². The van der Waals surface area contributed by atoms with E-state index in [1.54, 1.807) is 54.6 Å². The standard InChI is InChI=1S/C24H17BrCl2N2O4/c1-32-21-10-15(19(25)12-22(21)33-13-14-5-7-16(26)8-6-14)9-20-23(30)29(24(31)28-20)18-4-2-3-17(27)11-18/h2-12H,13H2,1H3,(H,28,31)/b20-9+. The third-order valence-corrected chi connectivity index (χ3v) is 6.01. The second-order valence-corrected chi connectivity index (χ2v) is 8.78. The van der Waals surface area contributed by atoms with Gasteiger partial charge >= 0.3 is 6.03 Å². The molecule has 3 aromatic carbocycles. The van der Waals surface area contributed by atoms with Gasteiger partial charge in [-0.25, -0.2) is 9.69 Å². The summed E-state index contributed by atoms with van der Waals surface area (Å²) in [6, 6.07) is 16.8. The number of urea groups is 1. The Labute approximate surface area is 208 Å². The van der Waals surface area contributed by atoms with Crippen LogP contribution in [0.25, 0.3) is 6.08 Å². The minimum atomic E-state index is -0.556. The highest BCUT2D eigenvalue weighted by molar-refractivity contribution is 9.10. The molecular weight excluding hydrogens is 531 g/mol. The zero-order chi connectivity index (χ0) is 23.5. The summed E-state index contributed by atoms with van der Waals surface area (Å²) < 4.78 is 12.0. The van der Waals surface area contributed by atoms with E-state index in [2.05, 4.69) is 21.2 Å². The number of ether oxygens (including phenoxy) is 2. The highest BCUT2D eigenvalue weighted by atomic mass is 79.9. The number of halogens is 3. The first-order valence-electron chi connectivity index (χ1n) is 9.73. The number of methoxy groups -OCH3 is 1. The van der Waals surface area contributed by atoms with Crippen molar-refractivity contribution in [1.29, 1.82) is 0 Å². The lowest BCUT2D eigenvalue weighted by atomic mass is 10.1. The molecule has 0 atom stereocenters. The van der Waals surface area contributed by atoms with Crippen molar-refractivity contribution >= 4 is 62.8 Å². The normalized spacial score (nSPS) is 14.5. The van der Waals surface area contributed by atoms with Crippen molar-refractivity contribution in [2.75, 3.05) is 12.0 Å². The third-order valence-electron chi connectivity index (χ3n) is 4.83. The molecule has 0 bridgehead atoms. The van der Waals surface area contributed by atoms with Gasteiger partial charge in [-0.15, -0.1) is 0 Å². The second kappa shape index (κ2) is 9.87. The van der Waals surface area contributed by atoms with Crippen LogP contribution in [-0.2, 0) is 11.4 Å². The average Bonchev–Trinajstić information content (AvgIpc) is 3.07. The lowest BCUT2D eigenvalue weighted by molar-refractivity contribution is -0.113. The Kier molecular flexibility index (Phi) is 6.93. The first-order valence-corrected chi connectivity index (χ1v) is 11.3. The molecule has 3 aromatic rings. The fraction of sp³-hybridized carbons (Fsp3) is 0.0833. The molecule has 0 spiro atoms. The maximum Gasteiger partial charge on any atom is 0.333 e. The molecule has 6 nitrogen and oxygen atoms in total. The molecule has 9 heteroatoms. The molecular formula is C24H17BrCl2N2O4. The van der Waals surface area contributed by atoms with E-state index in [1.165, 1.54) is 7.11 Å². The predicted molar refractivity (Wildman–Crippen MR) is 132 cm³/mol. The summed E-state index contributed by atoms with van der Waals surface area (Å²) in [7, 11) is 1.53. The summed E-state index contributed by atoms with van der Waals surface area (Å²) in [6.45, 7) is 0.323. The van der Waals surface area contributed by atoms with Crippen LogP contribution < -0.4 is 19.7 Å². The van der Waals surface area contributed by atoms with Gasteiger partial charge in [-0.2, -0.15) is 0 Å². The van der Waals surface area contributed by atoms with Crippen LogP contribution in [0.3, 0.4) is 0 Å². The fourth-order valence-corrected chi connectivity index (χ4v) is 3.96. The minimum Gasteiger partial charge on any atom is -0.493 e. The summed E-state index contributed by atoms with van der Waals surface area (Å²) in [5.41, 5.74) is 2.08. The molecule has 1 heterocycles. The number of hydrogen-bond donors (Lipinski definition) is 1. The molecule has 33 heavy (non-hydrogen) atoms. The molecule has 0 aliphatic carbocycles. The number of anilines is 1. The van der Waals surface area contributed by atoms with Gasteiger partial charge in [0.15, 0.2) is 11.5 Å². The quantitative estimate of drug-likeness (QED) is 0.285. The van der Waals surface area contributed by atoms with Crippen LogP contribution in [0.15, 0.2) is 70.8 Å². The lowest BCUT2D eigenvalue weighted by Gasteiger charge is -2.13. The highest BCUT2D eigenvalue weighted by Crippen LogP contribution is 2.36. The maximum absolute atomic E-state index is 12.9. The molecule has 3 amide bonds. The SMILES string of the molecule is COc1cc(/C=C2/NC(=O)N(c3cccc(Cl)c3)C2=O)c(Br)cc1OCc1ccc(Cl)cc1. The summed E-state index contributed by atoms with van der Waals surface area (Å²) in [6.07, 6.45) is 1.57. The Hall–Kier alpha value is -3.00. The molecule has 0 radical (unpaired) electrons. The topological polar surface area (TPSA) is 67.9 Å². The Morgan fingerprint density at radius 3 is 2.45 bits per heavy atom. The monoisotopic (exact) mass is 546 g/mol. The summed E-state index contributed by atoms with van der Waals surface area (Å²) in [4.78, 5) is 26.4. The minimum absolute atomic E-state index is 0.123. The number of rotatable bonds is 6. The fourth-order valence-electron chi connectivity index (χ4n) is 3.22. The van der Waals surface area contributed by atoms with E-state index < -0.39 is 11.9 Å². The van der Waals surface area contributed by atoms with Gasteiger partial charge in [0.05, 0.1) is 12.8 Å². The van der Waals surface area contributed by atoms with Gasteiger partial charge in [0, 0.05) is 14.5 Å². The van der Waals surface area contributed by atoms with Gasteiger partial charge in [-0.3, -0.25) is 4.79 Å². The van der Waals surface area contributed by atoms with E-state index in [4.69, 9.17) is 32.7 Å². The van der Waals surface area contributed by atoms with Gasteiger partial charge in [0.25, 0.3) is 5.91 Å². The Balaban J connectivity index is 1.58. The molecule has 1 fully saturated rings. The molecule has 1 saturated heterocycles. The zero-order valence-electron chi connectivity index (χ0n) is 17.3. The van der Waals surface area contributed by atoms with Gasteiger partial charge in [-0.05, 0) is 59.7 Å². The van der Waals surface area contributed by atoms with Crippen LogP contribution in [0.4, 0.5) is 10.5 Å². The second-order valence-electron chi connectivity index (χ2n) is 7.05. The van der Waals surface area contributed by atoms with Crippen molar-refractivity contribution in [3.63, 3.8) is 0 Å². The van der Waals surface area contributed by atoms with Crippen molar-refractivity contribution in [3.8, 4) is 11.5 Å². The van der Waals surface area contributed by atoms with E-state index >= 15 is 0 Å². The van der Waals surface area contributed by atoms with Crippen molar-refractivity contribution < 1.29 is 19.1 Å². The number of carbonyl (C=O) groups excluding carboxylic acids is 2. The number of hydrogen-bond acceptors (Lipinski definition) is 4. The molecule has 168 valence electrons. The molecule has 1 aliphatic rings. The number of benzene rings is 3. The molecule has 1 aliphatic heterocycles. The molecule has 0 saturated carbocycles. The van der Waals surface area contributed by atoms with E-state index in [-0.39, 0.29) is 5.70 Å². The van der Waals surface area contributed by atoms with Crippen molar-refractivity contribution in [1.82, 2.24) is 5.32 Å². The van der Waals surface area contributed by atoms with Crippen LogP contribution in [0.1, 0.15) is 11.1 Å². The van der Waals surface area contributed by atoms with Crippen molar-refractivity contribution in [2.45, 2.75) is 6.61 Å². The van der Waals surface area contributed by atoms with Crippen LogP contribution in [0.5, 0.6) is 11.5 Å². The first kappa shape index (κ1) is 23.2. The van der Waals surface area contributed by atoms with E-state index in [9.17, 15) is 9.59 Å². The Bertz CT molecular complexity index is 1260. The summed E-state index contributed by atoms with van der Waals surface area (Å²) in [5.74, 6) is 0.502. The molecule has 1 N–H and O–H groups in total. The van der Waals surface area contributed by atoms with Crippen molar-refractivity contribution in [2.24, 2.45) is 0 Å². The molecule has 0 unspecified atom stereocenters. The number of imide groups is 1. The van der Waals surface area contributed by atoms with Gasteiger partial charge < -0.3 is 14.8 Å². The Morgan fingerprint density at radius 2 is 1.76 bits per heavy atom. The number of amides is 3. The summed E-state index contributed by atoms with van der Waals surface area (Å²) in [5, 5.41) is 3.68. The van der Waals surface area contributed by atoms with E-state index in [1.807, 2.05) is 12.1 Å². The average molecular weight is 548 g/mol. The number of nitrogens with one attached hydrogen (secondary N) is 1. The smallest absolute Gasteiger partial charge is 0.333 e.